The number of benzene rings is 3. The number of nitrogens with zero attached hydrogens (tertiary/aromatic N) is 5. The molecule has 2 unspecified atom stereocenters. The number of hydrogen-bond donors (Lipinski definition) is 4. The van der Waals surface area contributed by atoms with E-state index >= 15 is 0 Å². The van der Waals surface area contributed by atoms with E-state index in [2.05, 4.69) is 25.3 Å². The summed E-state index contributed by atoms with van der Waals surface area (Å²) in [6, 6.07) is 10.9. The highest BCUT2D eigenvalue weighted by molar-refractivity contribution is 6.09. The maximum Gasteiger partial charge on any atom is 0.407 e. The number of rotatable bonds is 10. The summed E-state index contributed by atoms with van der Waals surface area (Å²) in [4.78, 5) is 84.4. The molecule has 8 rings (SSSR count). The molecule has 6 aromatic rings. The van der Waals surface area contributed by atoms with Gasteiger partial charge in [0.15, 0.2) is 0 Å². The smallest absolute Gasteiger partial charge is 0.407 e. The highest BCUT2D eigenvalue weighted by Crippen LogP contribution is 2.37. The minimum atomic E-state index is -1.31. The Balaban J connectivity index is 1.05. The number of nitrogens with one attached hydrogen (secondary N) is 3. The van der Waals surface area contributed by atoms with Crippen LogP contribution in [0.4, 0.5) is 18.4 Å². The van der Waals surface area contributed by atoms with E-state index in [0.29, 0.717) is 55.9 Å². The molecule has 6 atom stereocenters. The summed E-state index contributed by atoms with van der Waals surface area (Å²) in [5.74, 6) is -0.813. The lowest BCUT2D eigenvalue weighted by molar-refractivity contribution is -0.139. The number of amides is 4. The van der Waals surface area contributed by atoms with Gasteiger partial charge in [0, 0.05) is 31.0 Å². The molecule has 0 bridgehead atoms. The summed E-state index contributed by atoms with van der Waals surface area (Å²) in [5.41, 5.74) is 3.02. The van der Waals surface area contributed by atoms with Crippen LogP contribution >= 0.6 is 0 Å². The number of carboxylic acid groups (broad SMARTS) is 1. The quantitative estimate of drug-likeness (QED) is 0.0810. The van der Waals surface area contributed by atoms with E-state index in [1.165, 1.54) is 24.0 Å². The van der Waals surface area contributed by atoms with Gasteiger partial charge in [-0.1, -0.05) is 52.0 Å². The average Bonchev–Trinajstić information content (AvgIpc) is 4.08. The normalized spacial score (nSPS) is 20.0. The lowest BCUT2D eigenvalue weighted by atomic mass is 10.0. The monoisotopic (exact) mass is 866 g/mol. The topological polar surface area (TPSA) is 207 Å². The summed E-state index contributed by atoms with van der Waals surface area (Å²) in [7, 11) is 2.54. The number of fused-ring (bicyclic) bond motifs is 4. The first kappa shape index (κ1) is 42.8. The van der Waals surface area contributed by atoms with Crippen LogP contribution in [0.1, 0.15) is 64.3 Å². The lowest BCUT2D eigenvalue weighted by Gasteiger charge is -2.33. The van der Waals surface area contributed by atoms with Crippen LogP contribution in [-0.2, 0) is 14.3 Å². The Kier molecular flexibility index (Phi) is 11.4. The molecule has 4 N–H and O–H groups in total. The fourth-order valence-electron chi connectivity index (χ4n) is 8.96. The van der Waals surface area contributed by atoms with Crippen LogP contribution in [0.3, 0.4) is 0 Å². The number of aromatic amines is 2. The number of carbonyl (C=O) groups excluding carboxylic acids is 3. The van der Waals surface area contributed by atoms with E-state index in [0.717, 1.165) is 15.8 Å². The third kappa shape index (κ3) is 7.93. The first-order valence-electron chi connectivity index (χ1n) is 20.8. The zero-order valence-electron chi connectivity index (χ0n) is 35.5. The predicted octanol–water partition coefficient (Wildman–Crippen LogP) is 7.12. The number of hydrogen-bond acceptors (Lipinski definition) is 9. The molecule has 2 aliphatic heterocycles. The Morgan fingerprint density at radius 2 is 1.40 bits per heavy atom. The largest absolute Gasteiger partial charge is 0.465 e. The van der Waals surface area contributed by atoms with Crippen molar-refractivity contribution in [2.45, 2.75) is 77.0 Å². The number of likely N-dealkylation sites (N-methyl/N-ethyl adjacent to an activating group) is 1. The van der Waals surface area contributed by atoms with Gasteiger partial charge < -0.3 is 39.3 Å². The molecule has 2 fully saturated rings. The van der Waals surface area contributed by atoms with E-state index in [-0.39, 0.29) is 43.2 Å². The van der Waals surface area contributed by atoms with Crippen molar-refractivity contribution in [3.05, 3.63) is 82.8 Å². The van der Waals surface area contributed by atoms with Gasteiger partial charge >= 0.3 is 12.2 Å². The van der Waals surface area contributed by atoms with Gasteiger partial charge in [0.05, 0.1) is 66.8 Å². The number of imidazole rings is 2. The average molecular weight is 867 g/mol. The third-order valence-corrected chi connectivity index (χ3v) is 12.2. The molecule has 16 nitrogen and oxygen atoms in total. The maximum absolute atomic E-state index is 14.9. The highest BCUT2D eigenvalue weighted by atomic mass is 19.1. The van der Waals surface area contributed by atoms with Crippen LogP contribution in [0.15, 0.2) is 70.1 Å². The molecule has 3 aromatic heterocycles. The fourth-order valence-corrected chi connectivity index (χ4v) is 8.96. The van der Waals surface area contributed by atoms with E-state index in [4.69, 9.17) is 9.15 Å². The zero-order valence-corrected chi connectivity index (χ0v) is 35.5. The molecular weight excluding hydrogens is 819 g/mol. The minimum absolute atomic E-state index is 0.0121. The maximum atomic E-state index is 14.9. The third-order valence-electron chi connectivity index (χ3n) is 12.2. The van der Waals surface area contributed by atoms with Crippen molar-refractivity contribution in [3.63, 3.8) is 0 Å². The number of alkyl carbamates (subject to hydrolysis) is 1. The molecular formula is C45H48F2N8O8. The van der Waals surface area contributed by atoms with Crippen molar-refractivity contribution in [2.75, 3.05) is 27.2 Å². The number of aromatic nitrogens is 4. The van der Waals surface area contributed by atoms with Crippen LogP contribution in [0, 0.1) is 11.8 Å². The number of methoxy groups -OCH3 is 1. The molecule has 63 heavy (non-hydrogen) atoms. The van der Waals surface area contributed by atoms with Crippen molar-refractivity contribution in [3.8, 4) is 22.5 Å². The fraction of sp³-hybridized carbons (Fsp3) is 0.400. The summed E-state index contributed by atoms with van der Waals surface area (Å²) in [6.07, 6.45) is -1.40. The van der Waals surface area contributed by atoms with E-state index in [9.17, 15) is 37.9 Å². The van der Waals surface area contributed by atoms with Crippen LogP contribution in [0.25, 0.3) is 55.2 Å². The minimum Gasteiger partial charge on any atom is -0.465 e. The summed E-state index contributed by atoms with van der Waals surface area (Å²) in [6.45, 7) is 6.72. The van der Waals surface area contributed by atoms with Crippen LogP contribution in [0.2, 0.25) is 0 Å². The van der Waals surface area contributed by atoms with Crippen LogP contribution < -0.4 is 10.7 Å². The van der Waals surface area contributed by atoms with E-state index in [1.54, 1.807) is 64.4 Å². The molecule has 0 saturated carbocycles. The van der Waals surface area contributed by atoms with Gasteiger partial charge in [0.1, 0.15) is 47.2 Å². The standard InChI is InChI=1S/C45H48F2N8O8/c1-21(2)37(52-44(59)62-6)42(57)54-19-26(46)15-32(54)40-49-18-31(51-40)25-8-11-29-35(14-25)63-34-12-9-23-13-24(7-10-28(23)36(34)39(29)56)30-17-48-41(50-30)33-16-27(47)20-55(33)43(58)38(22(3)4)53(5)45(60)61/h7-14,17-18,21-22,26-27,32-33,37-38H,15-16,19-20H2,1-6H3,(H,48,50)(H,49,51)(H,52,59)(H,60,61)/t26-,27-,32+,33+,37?,38?/m1/s1. The predicted molar refractivity (Wildman–Crippen MR) is 229 cm³/mol. The zero-order chi connectivity index (χ0) is 45.0. The summed E-state index contributed by atoms with van der Waals surface area (Å²) in [5, 5.41) is 14.3. The van der Waals surface area contributed by atoms with Gasteiger partial charge in [-0.3, -0.25) is 19.3 Å². The number of H-pyrrole nitrogens is 2. The van der Waals surface area contributed by atoms with Gasteiger partial charge in [-0.15, -0.1) is 0 Å². The van der Waals surface area contributed by atoms with Crippen molar-refractivity contribution >= 4 is 56.7 Å². The Bertz CT molecular complexity index is 2820. The first-order valence-corrected chi connectivity index (χ1v) is 20.8. The molecule has 0 spiro atoms. The number of carbonyl (C=O) groups is 4. The molecule has 3 aromatic carbocycles. The van der Waals surface area contributed by atoms with Crippen molar-refractivity contribution in [2.24, 2.45) is 11.8 Å². The molecule has 4 amide bonds. The molecule has 330 valence electrons. The van der Waals surface area contributed by atoms with Gasteiger partial charge in [-0.25, -0.2) is 28.3 Å². The number of likely N-dealkylation sites (tertiary alicyclic amines) is 2. The van der Waals surface area contributed by atoms with Crippen LogP contribution in [-0.4, -0.2) is 115 Å². The second-order valence-electron chi connectivity index (χ2n) is 17.0. The van der Waals surface area contributed by atoms with Crippen LogP contribution in [0.5, 0.6) is 0 Å². The summed E-state index contributed by atoms with van der Waals surface area (Å²) >= 11 is 0. The van der Waals surface area contributed by atoms with Crippen molar-refractivity contribution in [1.29, 1.82) is 0 Å². The molecule has 18 heteroatoms. The van der Waals surface area contributed by atoms with E-state index < -0.39 is 60.5 Å². The SMILES string of the molecule is COC(=O)NC(C(=O)N1C[C@H](F)C[C@H]1c1ncc(-c2ccc3c(=O)c4c(ccc5cc(-c6cnc([C@@H]7C[C@@H](F)CN7C(=O)C(C(C)C)N(C)C(=O)O)[nH]6)ccc54)oc3c2)[nH]1)C(C)C. The van der Waals surface area contributed by atoms with Gasteiger partial charge in [-0.2, -0.15) is 0 Å². The van der Waals surface area contributed by atoms with Gasteiger partial charge in [0.25, 0.3) is 0 Å². The molecule has 2 aliphatic rings. The Labute approximate surface area is 359 Å². The summed E-state index contributed by atoms with van der Waals surface area (Å²) < 4.78 is 40.8. The first-order chi connectivity index (χ1) is 30.0. The molecule has 5 heterocycles. The second kappa shape index (κ2) is 16.8. The van der Waals surface area contributed by atoms with Crippen molar-refractivity contribution < 1.29 is 42.2 Å². The number of alkyl halides is 2. The molecule has 0 aliphatic carbocycles. The Morgan fingerprint density at radius 3 is 1.95 bits per heavy atom. The second-order valence-corrected chi connectivity index (χ2v) is 17.0. The lowest BCUT2D eigenvalue weighted by Crippen LogP contribution is -2.51. The molecule has 2 saturated heterocycles. The van der Waals surface area contributed by atoms with Gasteiger partial charge in [0.2, 0.25) is 17.2 Å². The van der Waals surface area contributed by atoms with E-state index in [1.807, 2.05) is 24.3 Å². The molecule has 0 radical (unpaired) electrons. The Morgan fingerprint density at radius 1 is 0.825 bits per heavy atom. The number of ether oxygens (including phenoxy) is 1. The Hall–Kier alpha value is -6.85. The number of halogens is 2. The van der Waals surface area contributed by atoms with Gasteiger partial charge in [-0.05, 0) is 46.9 Å². The highest BCUT2D eigenvalue weighted by Gasteiger charge is 2.44. The van der Waals surface area contributed by atoms with Crippen molar-refractivity contribution in [1.82, 2.24) is 40.0 Å².